The number of fused-ring (bicyclic) bond motifs is 1. The van der Waals surface area contributed by atoms with Crippen molar-refractivity contribution >= 4 is 16.8 Å². The van der Waals surface area contributed by atoms with Gasteiger partial charge in [0.15, 0.2) is 0 Å². The van der Waals surface area contributed by atoms with Crippen LogP contribution in [0.4, 0.5) is 0 Å². The Morgan fingerprint density at radius 2 is 2.22 bits per heavy atom. The van der Waals surface area contributed by atoms with Gasteiger partial charge >= 0.3 is 0 Å². The molecule has 1 fully saturated rings. The quantitative estimate of drug-likeness (QED) is 0.771. The molecule has 0 bridgehead atoms. The fourth-order valence-electron chi connectivity index (χ4n) is 2.43. The van der Waals surface area contributed by atoms with Gasteiger partial charge in [-0.05, 0) is 42.8 Å². The summed E-state index contributed by atoms with van der Waals surface area (Å²) in [5.74, 6) is -0.111. The van der Waals surface area contributed by atoms with Gasteiger partial charge in [-0.25, -0.2) is 0 Å². The first kappa shape index (κ1) is 11.3. The van der Waals surface area contributed by atoms with Gasteiger partial charge in [-0.15, -0.1) is 0 Å². The van der Waals surface area contributed by atoms with E-state index in [9.17, 15) is 9.90 Å². The minimum atomic E-state index is -0.387. The molecule has 4 heteroatoms. The Morgan fingerprint density at radius 1 is 1.39 bits per heavy atom. The van der Waals surface area contributed by atoms with Crippen molar-refractivity contribution in [2.24, 2.45) is 0 Å². The summed E-state index contributed by atoms with van der Waals surface area (Å²) in [6.07, 6.45) is 4.64. The van der Waals surface area contributed by atoms with Crippen LogP contribution in [0.15, 0.2) is 30.5 Å². The number of hydrogen-bond acceptors (Lipinski definition) is 2. The molecule has 0 spiro atoms. The molecule has 1 aromatic heterocycles. The Morgan fingerprint density at radius 3 is 2.89 bits per heavy atom. The maximum Gasteiger partial charge on any atom is 0.251 e. The van der Waals surface area contributed by atoms with E-state index in [1.165, 1.54) is 0 Å². The highest BCUT2D eigenvalue weighted by atomic mass is 16.3. The molecule has 1 aliphatic carbocycles. The van der Waals surface area contributed by atoms with E-state index in [2.05, 4.69) is 10.3 Å². The smallest absolute Gasteiger partial charge is 0.251 e. The third kappa shape index (κ3) is 1.78. The highest BCUT2D eigenvalue weighted by molar-refractivity contribution is 5.98. The van der Waals surface area contributed by atoms with E-state index in [1.54, 1.807) is 0 Å². The Labute approximate surface area is 105 Å². The molecule has 1 saturated carbocycles. The van der Waals surface area contributed by atoms with Crippen LogP contribution in [0.5, 0.6) is 0 Å². The monoisotopic (exact) mass is 244 g/mol. The molecule has 18 heavy (non-hydrogen) atoms. The number of aromatic nitrogens is 1. The minimum absolute atomic E-state index is 0.0173. The van der Waals surface area contributed by atoms with Crippen LogP contribution in [-0.4, -0.2) is 28.1 Å². The molecule has 0 aliphatic heterocycles. The number of aliphatic hydroxyl groups is 1. The zero-order chi connectivity index (χ0) is 12.6. The topological polar surface area (TPSA) is 65.1 Å². The lowest BCUT2D eigenvalue weighted by atomic mass is 9.77. The molecule has 1 aromatic carbocycles. The summed E-state index contributed by atoms with van der Waals surface area (Å²) in [4.78, 5) is 15.2. The number of aliphatic hydroxyl groups excluding tert-OH is 1. The van der Waals surface area contributed by atoms with Gasteiger partial charge in [0.1, 0.15) is 0 Å². The molecule has 0 atom stereocenters. The van der Waals surface area contributed by atoms with Crippen LogP contribution in [0.2, 0.25) is 0 Å². The average Bonchev–Trinajstić information content (AvgIpc) is 2.80. The SMILES string of the molecule is O=C(NC1(CO)CCC1)c1ccc2cc[nH]c2c1. The van der Waals surface area contributed by atoms with Gasteiger partial charge < -0.3 is 15.4 Å². The lowest BCUT2D eigenvalue weighted by molar-refractivity contribution is 0.0642. The zero-order valence-corrected chi connectivity index (χ0v) is 10.1. The average molecular weight is 244 g/mol. The molecule has 3 N–H and O–H groups in total. The Balaban J connectivity index is 1.83. The maximum absolute atomic E-state index is 12.1. The van der Waals surface area contributed by atoms with Gasteiger partial charge in [0, 0.05) is 17.3 Å². The van der Waals surface area contributed by atoms with Crippen molar-refractivity contribution in [3.63, 3.8) is 0 Å². The van der Waals surface area contributed by atoms with Gasteiger partial charge in [-0.1, -0.05) is 6.07 Å². The maximum atomic E-state index is 12.1. The fourth-order valence-corrected chi connectivity index (χ4v) is 2.43. The fraction of sp³-hybridized carbons (Fsp3) is 0.357. The molecule has 0 radical (unpaired) electrons. The largest absolute Gasteiger partial charge is 0.394 e. The van der Waals surface area contributed by atoms with E-state index in [-0.39, 0.29) is 18.1 Å². The molecule has 1 amide bonds. The van der Waals surface area contributed by atoms with Crippen LogP contribution < -0.4 is 5.32 Å². The molecule has 1 aliphatic rings. The molecule has 0 saturated heterocycles. The highest BCUT2D eigenvalue weighted by Gasteiger charge is 2.37. The second-order valence-electron chi connectivity index (χ2n) is 5.03. The number of hydrogen-bond donors (Lipinski definition) is 3. The summed E-state index contributed by atoms with van der Waals surface area (Å²) in [7, 11) is 0. The van der Waals surface area contributed by atoms with Gasteiger partial charge in [-0.2, -0.15) is 0 Å². The van der Waals surface area contributed by atoms with Crippen LogP contribution in [0, 0.1) is 0 Å². The third-order valence-corrected chi connectivity index (χ3v) is 3.81. The van der Waals surface area contributed by atoms with Gasteiger partial charge in [0.05, 0.1) is 12.1 Å². The van der Waals surface area contributed by atoms with Crippen LogP contribution in [0.3, 0.4) is 0 Å². The van der Waals surface area contributed by atoms with Crippen LogP contribution in [0.1, 0.15) is 29.6 Å². The summed E-state index contributed by atoms with van der Waals surface area (Å²) < 4.78 is 0. The first-order valence-corrected chi connectivity index (χ1v) is 6.23. The van der Waals surface area contributed by atoms with Crippen LogP contribution in [-0.2, 0) is 0 Å². The predicted octanol–water partition coefficient (Wildman–Crippen LogP) is 1.81. The van der Waals surface area contributed by atoms with E-state index < -0.39 is 0 Å². The summed E-state index contributed by atoms with van der Waals surface area (Å²) in [5, 5.41) is 13.4. The number of nitrogens with one attached hydrogen (secondary N) is 2. The van der Waals surface area contributed by atoms with Crippen molar-refractivity contribution in [2.45, 2.75) is 24.8 Å². The van der Waals surface area contributed by atoms with E-state index in [4.69, 9.17) is 0 Å². The molecule has 94 valence electrons. The highest BCUT2D eigenvalue weighted by Crippen LogP contribution is 2.31. The zero-order valence-electron chi connectivity index (χ0n) is 10.1. The second-order valence-corrected chi connectivity index (χ2v) is 5.03. The number of carbonyl (C=O) groups excluding carboxylic acids is 1. The number of carbonyl (C=O) groups is 1. The van der Waals surface area contributed by atoms with E-state index in [1.807, 2.05) is 30.5 Å². The molecular weight excluding hydrogens is 228 g/mol. The van der Waals surface area contributed by atoms with Gasteiger partial charge in [0.25, 0.3) is 5.91 Å². The molecule has 0 unspecified atom stereocenters. The molecule has 4 nitrogen and oxygen atoms in total. The number of amides is 1. The third-order valence-electron chi connectivity index (χ3n) is 3.81. The standard InChI is InChI=1S/C14H16N2O2/c17-9-14(5-1-6-14)16-13(18)11-3-2-10-4-7-15-12(10)8-11/h2-4,7-8,15,17H,1,5-6,9H2,(H,16,18). The second kappa shape index (κ2) is 4.14. The normalized spacial score (nSPS) is 17.4. The predicted molar refractivity (Wildman–Crippen MR) is 69.4 cm³/mol. The Bertz CT molecular complexity index is 579. The van der Waals surface area contributed by atoms with Gasteiger partial charge in [0.2, 0.25) is 0 Å². The summed E-state index contributed by atoms with van der Waals surface area (Å²) >= 11 is 0. The Kier molecular flexibility index (Phi) is 2.59. The van der Waals surface area contributed by atoms with E-state index >= 15 is 0 Å². The van der Waals surface area contributed by atoms with Crippen LogP contribution >= 0.6 is 0 Å². The lowest BCUT2D eigenvalue weighted by Gasteiger charge is -2.40. The van der Waals surface area contributed by atoms with Crippen molar-refractivity contribution in [3.05, 3.63) is 36.0 Å². The van der Waals surface area contributed by atoms with Crippen molar-refractivity contribution in [1.82, 2.24) is 10.3 Å². The first-order valence-electron chi connectivity index (χ1n) is 6.23. The molecule has 3 rings (SSSR count). The van der Waals surface area contributed by atoms with Gasteiger partial charge in [-0.3, -0.25) is 4.79 Å². The molecule has 2 aromatic rings. The Hall–Kier alpha value is -1.81. The van der Waals surface area contributed by atoms with Crippen molar-refractivity contribution in [3.8, 4) is 0 Å². The summed E-state index contributed by atoms with van der Waals surface area (Å²) in [6, 6.07) is 7.55. The minimum Gasteiger partial charge on any atom is -0.394 e. The number of H-pyrrole nitrogens is 1. The van der Waals surface area contributed by atoms with Crippen molar-refractivity contribution < 1.29 is 9.90 Å². The summed E-state index contributed by atoms with van der Waals surface area (Å²) in [6.45, 7) is 0.0173. The van der Waals surface area contributed by atoms with E-state index in [0.29, 0.717) is 5.56 Å². The van der Waals surface area contributed by atoms with Crippen LogP contribution in [0.25, 0.3) is 10.9 Å². The number of aromatic amines is 1. The van der Waals surface area contributed by atoms with E-state index in [0.717, 1.165) is 30.2 Å². The number of rotatable bonds is 3. The lowest BCUT2D eigenvalue weighted by Crippen LogP contribution is -2.56. The molecular formula is C14H16N2O2. The molecule has 1 heterocycles. The summed E-state index contributed by atoms with van der Waals surface area (Å²) in [5.41, 5.74) is 1.20. The number of benzene rings is 1. The van der Waals surface area contributed by atoms with Crippen molar-refractivity contribution in [1.29, 1.82) is 0 Å². The van der Waals surface area contributed by atoms with Crippen molar-refractivity contribution in [2.75, 3.05) is 6.61 Å². The first-order chi connectivity index (χ1) is 8.72.